The van der Waals surface area contributed by atoms with Crippen LogP contribution in [-0.2, 0) is 30.8 Å². The zero-order valence-electron chi connectivity index (χ0n) is 19.7. The van der Waals surface area contributed by atoms with E-state index in [0.29, 0.717) is 29.2 Å². The van der Waals surface area contributed by atoms with E-state index in [0.717, 1.165) is 12.1 Å². The molecule has 37 heavy (non-hydrogen) atoms. The Morgan fingerprint density at radius 2 is 1.95 bits per heavy atom. The maximum absolute atomic E-state index is 14.9. The largest absolute Gasteiger partial charge is 0.468 e. The average molecular weight is 590 g/mol. The van der Waals surface area contributed by atoms with E-state index < -0.39 is 26.7 Å². The summed E-state index contributed by atoms with van der Waals surface area (Å²) in [6.07, 6.45) is 0.847. The molecule has 0 aliphatic carbocycles. The summed E-state index contributed by atoms with van der Waals surface area (Å²) in [7, 11) is -3.04. The van der Waals surface area contributed by atoms with Crippen LogP contribution >= 0.6 is 34.5 Å². The van der Waals surface area contributed by atoms with Gasteiger partial charge in [0.2, 0.25) is 5.91 Å². The molecule has 3 rings (SSSR count). The number of nitrogens with zero attached hydrogens (tertiary/aromatic N) is 2. The Kier molecular flexibility index (Phi) is 9.71. The summed E-state index contributed by atoms with van der Waals surface area (Å²) in [5.41, 5.74) is 2.06. The normalized spacial score (nSPS) is 11.2. The van der Waals surface area contributed by atoms with Gasteiger partial charge in [0.15, 0.2) is 5.82 Å². The van der Waals surface area contributed by atoms with Crippen LogP contribution in [0.3, 0.4) is 0 Å². The minimum Gasteiger partial charge on any atom is -0.468 e. The van der Waals surface area contributed by atoms with Crippen molar-refractivity contribution in [3.8, 4) is 11.5 Å². The molecule has 0 fully saturated rings. The van der Waals surface area contributed by atoms with Crippen molar-refractivity contribution in [3.05, 3.63) is 62.6 Å². The third-order valence-corrected chi connectivity index (χ3v) is 7.54. The fourth-order valence-corrected chi connectivity index (χ4v) is 5.35. The number of sulfonamides is 1. The number of anilines is 1. The molecular weight excluding hydrogens is 568 g/mol. The number of carbonyl (C=O) groups is 2. The number of aromatic nitrogens is 1. The quantitative estimate of drug-likeness (QED) is 0.308. The number of thiazole rings is 1. The molecule has 1 N–H and O–H groups in total. The van der Waals surface area contributed by atoms with E-state index in [1.807, 2.05) is 0 Å². The second-order valence-electron chi connectivity index (χ2n) is 7.67. The highest BCUT2D eigenvalue weighted by atomic mass is 35.5. The molecule has 1 amide bonds. The number of carbonyl (C=O) groups excluding carboxylic acids is 2. The molecule has 9 nitrogen and oxygen atoms in total. The number of esters is 1. The number of hydrogen-bond acceptors (Lipinski definition) is 8. The van der Waals surface area contributed by atoms with Gasteiger partial charge in [0.05, 0.1) is 17.6 Å². The molecule has 0 spiro atoms. The first-order valence-corrected chi connectivity index (χ1v) is 13.9. The van der Waals surface area contributed by atoms with Crippen LogP contribution in [0.15, 0.2) is 46.1 Å². The first kappa shape index (κ1) is 28.6. The SMILES string of the molecule is COC(=O)CN(CCCc1cc(Cl)ccc1Oc1cc(F)c(S(=O)(=O)Nc2cscn2)cc1Cl)C(C)=O. The Hall–Kier alpha value is -2.93. The van der Waals surface area contributed by atoms with Crippen molar-refractivity contribution in [1.82, 2.24) is 9.88 Å². The highest BCUT2D eigenvalue weighted by molar-refractivity contribution is 7.92. The topological polar surface area (TPSA) is 115 Å². The average Bonchev–Trinajstić information content (AvgIpc) is 3.33. The van der Waals surface area contributed by atoms with Crippen LogP contribution in [0, 0.1) is 5.82 Å². The number of amides is 1. The van der Waals surface area contributed by atoms with Crippen molar-refractivity contribution in [3.63, 3.8) is 0 Å². The Labute approximate surface area is 227 Å². The van der Waals surface area contributed by atoms with E-state index in [1.54, 1.807) is 18.2 Å². The zero-order chi connectivity index (χ0) is 27.2. The molecule has 3 aromatic rings. The van der Waals surface area contributed by atoms with Crippen LogP contribution in [0.1, 0.15) is 18.9 Å². The van der Waals surface area contributed by atoms with Crippen molar-refractivity contribution in [2.45, 2.75) is 24.7 Å². The summed E-state index contributed by atoms with van der Waals surface area (Å²) >= 11 is 13.6. The highest BCUT2D eigenvalue weighted by Crippen LogP contribution is 2.36. The lowest BCUT2D eigenvalue weighted by Gasteiger charge is -2.20. The van der Waals surface area contributed by atoms with Gasteiger partial charge in [0.25, 0.3) is 10.0 Å². The second kappa shape index (κ2) is 12.5. The maximum atomic E-state index is 14.9. The monoisotopic (exact) mass is 589 g/mol. The van der Waals surface area contributed by atoms with Crippen LogP contribution in [0.5, 0.6) is 11.5 Å². The van der Waals surface area contributed by atoms with Gasteiger partial charge in [0, 0.05) is 29.9 Å². The number of benzene rings is 2. The highest BCUT2D eigenvalue weighted by Gasteiger charge is 2.23. The van der Waals surface area contributed by atoms with Gasteiger partial charge < -0.3 is 14.4 Å². The van der Waals surface area contributed by atoms with Crippen molar-refractivity contribution in [2.75, 3.05) is 24.9 Å². The van der Waals surface area contributed by atoms with Gasteiger partial charge >= 0.3 is 5.97 Å². The fraction of sp³-hybridized carbons (Fsp3) is 0.261. The van der Waals surface area contributed by atoms with Gasteiger partial charge in [-0.1, -0.05) is 23.2 Å². The number of rotatable bonds is 11. The molecule has 0 aliphatic heterocycles. The van der Waals surface area contributed by atoms with Gasteiger partial charge in [-0.05, 0) is 42.7 Å². The Morgan fingerprint density at radius 1 is 1.19 bits per heavy atom. The molecule has 1 aromatic heterocycles. The van der Waals surface area contributed by atoms with Crippen LogP contribution in [0.4, 0.5) is 10.2 Å². The number of halogens is 3. The molecule has 0 saturated heterocycles. The number of nitrogens with one attached hydrogen (secondary N) is 1. The second-order valence-corrected chi connectivity index (χ2v) is 10.9. The van der Waals surface area contributed by atoms with Crippen molar-refractivity contribution < 1.29 is 31.9 Å². The van der Waals surface area contributed by atoms with Crippen molar-refractivity contribution in [2.24, 2.45) is 0 Å². The van der Waals surface area contributed by atoms with E-state index in [4.69, 9.17) is 27.9 Å². The van der Waals surface area contributed by atoms with Gasteiger partial charge in [-0.2, -0.15) is 0 Å². The molecule has 0 atom stereocenters. The summed E-state index contributed by atoms with van der Waals surface area (Å²) in [6.45, 7) is 1.44. The summed E-state index contributed by atoms with van der Waals surface area (Å²) in [4.78, 5) is 27.9. The molecular formula is C23H22Cl2FN3O6S2. The van der Waals surface area contributed by atoms with E-state index in [-0.39, 0.29) is 35.6 Å². The number of methoxy groups -OCH3 is 1. The predicted octanol–water partition coefficient (Wildman–Crippen LogP) is 5.14. The molecule has 0 unspecified atom stereocenters. The van der Waals surface area contributed by atoms with Gasteiger partial charge in [0.1, 0.15) is 28.8 Å². The van der Waals surface area contributed by atoms with Crippen LogP contribution < -0.4 is 9.46 Å². The molecule has 1 heterocycles. The van der Waals surface area contributed by atoms with Crippen LogP contribution in [-0.4, -0.2) is 50.4 Å². The lowest BCUT2D eigenvalue weighted by Crippen LogP contribution is -2.35. The van der Waals surface area contributed by atoms with Gasteiger partial charge in [-0.15, -0.1) is 11.3 Å². The lowest BCUT2D eigenvalue weighted by molar-refractivity contribution is -0.146. The van der Waals surface area contributed by atoms with E-state index >= 15 is 0 Å². The van der Waals surface area contributed by atoms with E-state index in [2.05, 4.69) is 14.4 Å². The number of ether oxygens (including phenoxy) is 2. The summed E-state index contributed by atoms with van der Waals surface area (Å²) < 4.78 is 52.6. The molecule has 14 heteroatoms. The van der Waals surface area contributed by atoms with Gasteiger partial charge in [-0.3, -0.25) is 14.3 Å². The number of aryl methyl sites for hydroxylation is 1. The Balaban J connectivity index is 1.78. The summed E-state index contributed by atoms with van der Waals surface area (Å²) in [6, 6.07) is 6.62. The first-order valence-electron chi connectivity index (χ1n) is 10.7. The smallest absolute Gasteiger partial charge is 0.325 e. The van der Waals surface area contributed by atoms with Crippen molar-refractivity contribution >= 4 is 62.3 Å². The van der Waals surface area contributed by atoms with E-state index in [1.165, 1.54) is 41.2 Å². The van der Waals surface area contributed by atoms with Crippen LogP contribution in [0.25, 0.3) is 0 Å². The fourth-order valence-electron chi connectivity index (χ4n) is 3.24. The minimum absolute atomic E-state index is 0.0570. The molecule has 0 radical (unpaired) electrons. The maximum Gasteiger partial charge on any atom is 0.325 e. The summed E-state index contributed by atoms with van der Waals surface area (Å²) in [5.74, 6) is -1.63. The third kappa shape index (κ3) is 7.78. The zero-order valence-corrected chi connectivity index (χ0v) is 22.8. The number of hydrogen-bond donors (Lipinski definition) is 1. The summed E-state index contributed by atoms with van der Waals surface area (Å²) in [5, 5.41) is 1.75. The molecule has 0 aliphatic rings. The third-order valence-electron chi connectivity index (χ3n) is 5.06. The molecule has 0 saturated carbocycles. The predicted molar refractivity (Wildman–Crippen MR) is 138 cm³/mol. The first-order chi connectivity index (χ1) is 17.5. The molecule has 2 aromatic carbocycles. The standard InChI is InChI=1S/C23H22Cl2FN3O6S2/c1-14(30)29(11-23(31)34-2)7-3-4-15-8-16(24)5-6-19(15)35-20-10-18(26)21(9-17(20)25)37(32,33)28-22-12-36-13-27-22/h5-6,8-10,12-13,28H,3-4,7,11H2,1-2H3. The lowest BCUT2D eigenvalue weighted by atomic mass is 10.1. The van der Waals surface area contributed by atoms with E-state index in [9.17, 15) is 22.4 Å². The van der Waals surface area contributed by atoms with Gasteiger partial charge in [-0.25, -0.2) is 17.8 Å². The van der Waals surface area contributed by atoms with Crippen LogP contribution in [0.2, 0.25) is 10.0 Å². The molecule has 0 bridgehead atoms. The minimum atomic E-state index is -4.28. The molecule has 198 valence electrons. The Morgan fingerprint density at radius 3 is 2.59 bits per heavy atom. The Bertz CT molecular complexity index is 1390. The van der Waals surface area contributed by atoms with Crippen molar-refractivity contribution in [1.29, 1.82) is 0 Å².